The Labute approximate surface area is 155 Å². The van der Waals surface area contributed by atoms with Crippen molar-refractivity contribution in [1.82, 2.24) is 15.8 Å². The van der Waals surface area contributed by atoms with E-state index < -0.39 is 11.9 Å². The molecule has 0 aliphatic rings. The standard InChI is InChI=1S/C21H16N4O2/c26-20(24-25-21(27)22-14-8-2-1-3-9-14)19-15-10-4-6-12-17(15)23-18-13-7-5-11-16(18)19/h1-13H,(H,24,26)(H2,22,25,27). The van der Waals surface area contributed by atoms with Crippen molar-refractivity contribution < 1.29 is 9.59 Å². The van der Waals surface area contributed by atoms with Crippen LogP contribution in [-0.4, -0.2) is 16.9 Å². The number of para-hydroxylation sites is 3. The Balaban J connectivity index is 1.61. The topological polar surface area (TPSA) is 83.1 Å². The van der Waals surface area contributed by atoms with E-state index in [1.807, 2.05) is 66.7 Å². The Bertz CT molecular complexity index is 1090. The van der Waals surface area contributed by atoms with Crippen molar-refractivity contribution in [2.75, 3.05) is 5.32 Å². The van der Waals surface area contributed by atoms with E-state index in [9.17, 15) is 9.59 Å². The van der Waals surface area contributed by atoms with Gasteiger partial charge in [0.05, 0.1) is 16.6 Å². The molecule has 3 amide bonds. The highest BCUT2D eigenvalue weighted by Crippen LogP contribution is 2.25. The molecule has 0 fully saturated rings. The van der Waals surface area contributed by atoms with Gasteiger partial charge in [0.15, 0.2) is 0 Å². The number of rotatable bonds is 2. The second kappa shape index (κ2) is 7.13. The molecule has 4 aromatic rings. The lowest BCUT2D eigenvalue weighted by Gasteiger charge is -2.12. The van der Waals surface area contributed by atoms with Gasteiger partial charge in [0.25, 0.3) is 5.91 Å². The zero-order valence-corrected chi connectivity index (χ0v) is 14.3. The molecule has 0 atom stereocenters. The van der Waals surface area contributed by atoms with Crippen LogP contribution in [0.4, 0.5) is 10.5 Å². The molecule has 1 heterocycles. The third-order valence-corrected chi connectivity index (χ3v) is 4.14. The molecular formula is C21H16N4O2. The van der Waals surface area contributed by atoms with Crippen LogP contribution in [0.2, 0.25) is 0 Å². The number of carbonyl (C=O) groups is 2. The molecule has 27 heavy (non-hydrogen) atoms. The fourth-order valence-electron chi connectivity index (χ4n) is 2.94. The van der Waals surface area contributed by atoms with Gasteiger partial charge >= 0.3 is 6.03 Å². The number of nitrogens with one attached hydrogen (secondary N) is 3. The van der Waals surface area contributed by atoms with Gasteiger partial charge in [0.1, 0.15) is 0 Å². The average Bonchev–Trinajstić information content (AvgIpc) is 2.71. The van der Waals surface area contributed by atoms with E-state index >= 15 is 0 Å². The maximum atomic E-state index is 12.8. The number of hydrazine groups is 1. The van der Waals surface area contributed by atoms with E-state index in [1.54, 1.807) is 12.1 Å². The number of pyridine rings is 1. The lowest BCUT2D eigenvalue weighted by Crippen LogP contribution is -2.44. The number of anilines is 1. The number of hydrogen-bond acceptors (Lipinski definition) is 3. The van der Waals surface area contributed by atoms with E-state index in [4.69, 9.17) is 0 Å². The van der Waals surface area contributed by atoms with E-state index in [-0.39, 0.29) is 0 Å². The van der Waals surface area contributed by atoms with Crippen LogP contribution in [0.3, 0.4) is 0 Å². The number of nitrogens with zero attached hydrogens (tertiary/aromatic N) is 1. The van der Waals surface area contributed by atoms with Gasteiger partial charge in [-0.2, -0.15) is 0 Å². The lowest BCUT2D eigenvalue weighted by atomic mass is 10.0. The monoisotopic (exact) mass is 356 g/mol. The number of urea groups is 1. The summed E-state index contributed by atoms with van der Waals surface area (Å²) in [4.78, 5) is 29.5. The number of hydrogen-bond donors (Lipinski definition) is 3. The molecule has 6 nitrogen and oxygen atoms in total. The van der Waals surface area contributed by atoms with Crippen LogP contribution in [0.25, 0.3) is 21.8 Å². The Morgan fingerprint density at radius 3 is 1.85 bits per heavy atom. The molecule has 0 saturated heterocycles. The van der Waals surface area contributed by atoms with Crippen molar-refractivity contribution in [3.8, 4) is 0 Å². The summed E-state index contributed by atoms with van der Waals surface area (Å²) in [7, 11) is 0. The third kappa shape index (κ3) is 3.41. The quantitative estimate of drug-likeness (QED) is 0.377. The second-order valence-electron chi connectivity index (χ2n) is 5.92. The molecule has 0 unspecified atom stereocenters. The summed E-state index contributed by atoms with van der Waals surface area (Å²) in [5.41, 5.74) is 7.40. The maximum absolute atomic E-state index is 12.8. The van der Waals surface area contributed by atoms with Gasteiger partial charge in [0, 0.05) is 16.5 Å². The molecule has 0 spiro atoms. The SMILES string of the molecule is O=C(NNC(=O)c1c2ccccc2nc2ccccc12)Nc1ccccc1. The Kier molecular flexibility index (Phi) is 4.37. The number of fused-ring (bicyclic) bond motifs is 2. The summed E-state index contributed by atoms with van der Waals surface area (Å²) in [5.74, 6) is -0.409. The summed E-state index contributed by atoms with van der Waals surface area (Å²) >= 11 is 0. The van der Waals surface area contributed by atoms with Gasteiger partial charge in [0.2, 0.25) is 0 Å². The second-order valence-corrected chi connectivity index (χ2v) is 5.92. The van der Waals surface area contributed by atoms with Crippen LogP contribution < -0.4 is 16.2 Å². The summed E-state index contributed by atoms with van der Waals surface area (Å²) in [6, 6.07) is 23.3. The van der Waals surface area contributed by atoms with E-state index in [0.29, 0.717) is 11.3 Å². The molecule has 6 heteroatoms. The number of carbonyl (C=O) groups excluding carboxylic acids is 2. The molecule has 0 bridgehead atoms. The number of amides is 3. The molecule has 3 N–H and O–H groups in total. The van der Waals surface area contributed by atoms with Gasteiger partial charge in [-0.1, -0.05) is 54.6 Å². The predicted molar refractivity (Wildman–Crippen MR) is 105 cm³/mol. The highest BCUT2D eigenvalue weighted by atomic mass is 16.2. The summed E-state index contributed by atoms with van der Waals surface area (Å²) in [5, 5.41) is 4.09. The highest BCUT2D eigenvalue weighted by molar-refractivity contribution is 6.16. The van der Waals surface area contributed by atoms with Crippen LogP contribution >= 0.6 is 0 Å². The van der Waals surface area contributed by atoms with Crippen LogP contribution in [0.5, 0.6) is 0 Å². The summed E-state index contributed by atoms with van der Waals surface area (Å²) in [6.07, 6.45) is 0. The number of aromatic nitrogens is 1. The largest absolute Gasteiger partial charge is 0.337 e. The molecule has 0 aliphatic heterocycles. The van der Waals surface area contributed by atoms with Crippen LogP contribution in [0, 0.1) is 0 Å². The van der Waals surface area contributed by atoms with Crippen molar-refractivity contribution >= 4 is 39.4 Å². The van der Waals surface area contributed by atoms with Crippen molar-refractivity contribution in [2.45, 2.75) is 0 Å². The first kappa shape index (κ1) is 16.5. The van der Waals surface area contributed by atoms with Crippen molar-refractivity contribution in [1.29, 1.82) is 0 Å². The third-order valence-electron chi connectivity index (χ3n) is 4.14. The molecular weight excluding hydrogens is 340 g/mol. The minimum absolute atomic E-state index is 0.409. The molecule has 3 aromatic carbocycles. The first-order valence-corrected chi connectivity index (χ1v) is 8.42. The van der Waals surface area contributed by atoms with E-state index in [2.05, 4.69) is 21.2 Å². The first-order chi connectivity index (χ1) is 13.2. The molecule has 0 saturated carbocycles. The molecule has 1 aromatic heterocycles. The van der Waals surface area contributed by atoms with Gasteiger partial charge in [-0.15, -0.1) is 0 Å². The first-order valence-electron chi connectivity index (χ1n) is 8.42. The maximum Gasteiger partial charge on any atom is 0.337 e. The molecule has 132 valence electrons. The summed E-state index contributed by atoms with van der Waals surface area (Å²) < 4.78 is 0. The normalized spacial score (nSPS) is 10.5. The van der Waals surface area contributed by atoms with Crippen LogP contribution in [0.15, 0.2) is 78.9 Å². The minimum atomic E-state index is -0.530. The van der Waals surface area contributed by atoms with Crippen LogP contribution in [0.1, 0.15) is 10.4 Å². The van der Waals surface area contributed by atoms with Crippen LogP contribution in [-0.2, 0) is 0 Å². The van der Waals surface area contributed by atoms with E-state index in [0.717, 1.165) is 21.8 Å². The molecule has 4 rings (SSSR count). The molecule has 0 aliphatic carbocycles. The Morgan fingerprint density at radius 2 is 1.22 bits per heavy atom. The van der Waals surface area contributed by atoms with Crippen molar-refractivity contribution in [3.05, 3.63) is 84.4 Å². The van der Waals surface area contributed by atoms with Crippen molar-refractivity contribution in [2.24, 2.45) is 0 Å². The van der Waals surface area contributed by atoms with Gasteiger partial charge in [-0.25, -0.2) is 15.2 Å². The smallest absolute Gasteiger partial charge is 0.307 e. The fraction of sp³-hybridized carbons (Fsp3) is 0. The van der Waals surface area contributed by atoms with Gasteiger partial charge in [-0.3, -0.25) is 10.2 Å². The lowest BCUT2D eigenvalue weighted by molar-refractivity contribution is 0.0941. The Morgan fingerprint density at radius 1 is 0.667 bits per heavy atom. The number of benzene rings is 3. The predicted octanol–water partition coefficient (Wildman–Crippen LogP) is 3.85. The minimum Gasteiger partial charge on any atom is -0.307 e. The fourth-order valence-corrected chi connectivity index (χ4v) is 2.94. The highest BCUT2D eigenvalue weighted by Gasteiger charge is 2.16. The van der Waals surface area contributed by atoms with Gasteiger partial charge in [-0.05, 0) is 24.3 Å². The van der Waals surface area contributed by atoms with E-state index in [1.165, 1.54) is 0 Å². The average molecular weight is 356 g/mol. The Hall–Kier alpha value is -3.93. The van der Waals surface area contributed by atoms with Crippen molar-refractivity contribution in [3.63, 3.8) is 0 Å². The molecule has 0 radical (unpaired) electrons. The summed E-state index contributed by atoms with van der Waals surface area (Å²) in [6.45, 7) is 0. The zero-order valence-electron chi connectivity index (χ0n) is 14.3. The zero-order chi connectivity index (χ0) is 18.6. The van der Waals surface area contributed by atoms with Gasteiger partial charge < -0.3 is 5.32 Å².